The third-order valence-electron chi connectivity index (χ3n) is 3.02. The van der Waals surface area contributed by atoms with Gasteiger partial charge in [-0.25, -0.2) is 0 Å². The van der Waals surface area contributed by atoms with Crippen molar-refractivity contribution in [3.05, 3.63) is 35.4 Å². The summed E-state index contributed by atoms with van der Waals surface area (Å²) >= 11 is 1.75. The maximum atomic E-state index is 12.1. The monoisotopic (exact) mass is 250 g/mol. The Balaban J connectivity index is 2.05. The number of hydrogen-bond acceptors (Lipinski definition) is 3. The Labute approximate surface area is 106 Å². The Morgan fingerprint density at radius 3 is 3.18 bits per heavy atom. The highest BCUT2D eigenvalue weighted by atomic mass is 32.2. The lowest BCUT2D eigenvalue weighted by Crippen LogP contribution is -2.39. The summed E-state index contributed by atoms with van der Waals surface area (Å²) in [7, 11) is 0. The summed E-state index contributed by atoms with van der Waals surface area (Å²) < 4.78 is 0. The van der Waals surface area contributed by atoms with Crippen LogP contribution in [0, 0.1) is 0 Å². The first-order valence-electron chi connectivity index (χ1n) is 5.88. The third kappa shape index (κ3) is 3.01. The average Bonchev–Trinajstić information content (AvgIpc) is 2.38. The number of thioether (sulfide) groups is 1. The lowest BCUT2D eigenvalue weighted by molar-refractivity contribution is -0.122. The molecule has 1 aliphatic heterocycles. The van der Waals surface area contributed by atoms with Crippen LogP contribution >= 0.6 is 11.8 Å². The van der Waals surface area contributed by atoms with E-state index < -0.39 is 0 Å². The van der Waals surface area contributed by atoms with E-state index in [2.05, 4.69) is 22.8 Å². The van der Waals surface area contributed by atoms with Crippen LogP contribution in [0.1, 0.15) is 17.0 Å². The van der Waals surface area contributed by atoms with Gasteiger partial charge in [0.2, 0.25) is 5.91 Å². The fraction of sp³-hybridized carbons (Fsp3) is 0.462. The molecule has 17 heavy (non-hydrogen) atoms. The van der Waals surface area contributed by atoms with Crippen molar-refractivity contribution < 1.29 is 4.79 Å². The molecule has 0 saturated carbocycles. The Hall–Kier alpha value is -1.00. The fourth-order valence-electron chi connectivity index (χ4n) is 2.13. The SMILES string of the molecule is CSCCNC(=O)C1CNCc2ccccc21. The molecule has 3 nitrogen and oxygen atoms in total. The normalized spacial score (nSPS) is 18.5. The first-order valence-corrected chi connectivity index (χ1v) is 7.27. The molecule has 1 aromatic rings. The maximum absolute atomic E-state index is 12.1. The van der Waals surface area contributed by atoms with Gasteiger partial charge in [0.05, 0.1) is 5.92 Å². The van der Waals surface area contributed by atoms with Crippen LogP contribution in [0.15, 0.2) is 24.3 Å². The molecule has 0 aliphatic carbocycles. The highest BCUT2D eigenvalue weighted by Crippen LogP contribution is 2.23. The standard InChI is InChI=1S/C13H18N2OS/c1-17-7-6-15-13(16)12-9-14-8-10-4-2-3-5-11(10)12/h2-5,12,14H,6-9H2,1H3,(H,15,16). The topological polar surface area (TPSA) is 41.1 Å². The van der Waals surface area contributed by atoms with Gasteiger partial charge >= 0.3 is 0 Å². The van der Waals surface area contributed by atoms with E-state index in [1.807, 2.05) is 18.4 Å². The lowest BCUT2D eigenvalue weighted by atomic mass is 9.90. The number of amides is 1. The van der Waals surface area contributed by atoms with Crippen LogP contribution in [-0.4, -0.2) is 31.0 Å². The number of fused-ring (bicyclic) bond motifs is 1. The minimum atomic E-state index is -0.0400. The first kappa shape index (κ1) is 12.5. The van der Waals surface area contributed by atoms with Crippen molar-refractivity contribution in [3.8, 4) is 0 Å². The van der Waals surface area contributed by atoms with Crippen LogP contribution in [0.2, 0.25) is 0 Å². The summed E-state index contributed by atoms with van der Waals surface area (Å²) in [6.45, 7) is 2.35. The molecule has 2 N–H and O–H groups in total. The van der Waals surface area contributed by atoms with E-state index >= 15 is 0 Å². The van der Waals surface area contributed by atoms with E-state index in [1.165, 1.54) is 11.1 Å². The Morgan fingerprint density at radius 1 is 1.53 bits per heavy atom. The molecule has 1 aliphatic rings. The highest BCUT2D eigenvalue weighted by molar-refractivity contribution is 7.98. The van der Waals surface area contributed by atoms with Crippen LogP contribution in [0.5, 0.6) is 0 Å². The molecule has 4 heteroatoms. The molecule has 1 heterocycles. The number of carbonyl (C=O) groups excluding carboxylic acids is 1. The molecule has 92 valence electrons. The zero-order valence-electron chi connectivity index (χ0n) is 10.0. The number of nitrogens with one attached hydrogen (secondary N) is 2. The second-order valence-electron chi connectivity index (χ2n) is 4.17. The molecule has 0 bridgehead atoms. The summed E-state index contributed by atoms with van der Waals surface area (Å²) in [4.78, 5) is 12.1. The molecule has 0 saturated heterocycles. The number of rotatable bonds is 4. The molecule has 0 spiro atoms. The van der Waals surface area contributed by atoms with Crippen molar-refractivity contribution in [2.24, 2.45) is 0 Å². The largest absolute Gasteiger partial charge is 0.355 e. The zero-order valence-corrected chi connectivity index (χ0v) is 10.8. The Bertz CT molecular complexity index is 395. The molecule has 1 amide bonds. The van der Waals surface area contributed by atoms with Gasteiger partial charge in [-0.15, -0.1) is 0 Å². The van der Waals surface area contributed by atoms with E-state index in [4.69, 9.17) is 0 Å². The molecule has 2 rings (SSSR count). The van der Waals surface area contributed by atoms with Gasteiger partial charge in [-0.05, 0) is 17.4 Å². The molecule has 0 fully saturated rings. The predicted octanol–water partition coefficient (Wildman–Crippen LogP) is 1.35. The molecule has 1 unspecified atom stereocenters. The van der Waals surface area contributed by atoms with Gasteiger partial charge in [-0.2, -0.15) is 11.8 Å². The van der Waals surface area contributed by atoms with Crippen LogP contribution in [0.25, 0.3) is 0 Å². The van der Waals surface area contributed by atoms with Gasteiger partial charge in [-0.1, -0.05) is 24.3 Å². The van der Waals surface area contributed by atoms with Gasteiger partial charge in [0.1, 0.15) is 0 Å². The Morgan fingerprint density at radius 2 is 2.35 bits per heavy atom. The average molecular weight is 250 g/mol. The second-order valence-corrected chi connectivity index (χ2v) is 5.15. The Kier molecular flexibility index (Phi) is 4.45. The molecule has 0 aromatic heterocycles. The summed E-state index contributed by atoms with van der Waals surface area (Å²) in [6, 6.07) is 8.18. The van der Waals surface area contributed by atoms with Crippen molar-refractivity contribution in [2.75, 3.05) is 25.1 Å². The lowest BCUT2D eigenvalue weighted by Gasteiger charge is -2.25. The number of benzene rings is 1. The molecule has 0 radical (unpaired) electrons. The number of carbonyl (C=O) groups is 1. The number of hydrogen-bond donors (Lipinski definition) is 2. The van der Waals surface area contributed by atoms with Gasteiger partial charge in [0.25, 0.3) is 0 Å². The summed E-state index contributed by atoms with van der Waals surface area (Å²) in [5, 5.41) is 6.29. The van der Waals surface area contributed by atoms with Crippen molar-refractivity contribution in [3.63, 3.8) is 0 Å². The van der Waals surface area contributed by atoms with E-state index in [0.29, 0.717) is 0 Å². The first-order chi connectivity index (χ1) is 8.33. The van der Waals surface area contributed by atoms with E-state index in [-0.39, 0.29) is 11.8 Å². The van der Waals surface area contributed by atoms with E-state index in [9.17, 15) is 4.79 Å². The van der Waals surface area contributed by atoms with Gasteiger partial charge in [-0.3, -0.25) is 4.79 Å². The highest BCUT2D eigenvalue weighted by Gasteiger charge is 2.25. The molecule has 1 aromatic carbocycles. The van der Waals surface area contributed by atoms with Crippen LogP contribution in [-0.2, 0) is 11.3 Å². The van der Waals surface area contributed by atoms with Crippen molar-refractivity contribution in [2.45, 2.75) is 12.5 Å². The smallest absolute Gasteiger partial charge is 0.228 e. The molecular weight excluding hydrogens is 232 g/mol. The molecule has 1 atom stereocenters. The minimum Gasteiger partial charge on any atom is -0.355 e. The second kappa shape index (κ2) is 6.07. The zero-order chi connectivity index (χ0) is 12.1. The van der Waals surface area contributed by atoms with Crippen LogP contribution in [0.4, 0.5) is 0 Å². The van der Waals surface area contributed by atoms with Crippen molar-refractivity contribution in [1.82, 2.24) is 10.6 Å². The fourth-order valence-corrected chi connectivity index (χ4v) is 2.44. The minimum absolute atomic E-state index is 0.0400. The molecular formula is C13H18N2OS. The van der Waals surface area contributed by atoms with Crippen LogP contribution in [0.3, 0.4) is 0 Å². The quantitative estimate of drug-likeness (QED) is 0.793. The van der Waals surface area contributed by atoms with Crippen LogP contribution < -0.4 is 10.6 Å². The van der Waals surface area contributed by atoms with Gasteiger partial charge < -0.3 is 10.6 Å². The predicted molar refractivity (Wildman–Crippen MR) is 72.3 cm³/mol. The maximum Gasteiger partial charge on any atom is 0.228 e. The van der Waals surface area contributed by atoms with Gasteiger partial charge in [0, 0.05) is 25.4 Å². The van der Waals surface area contributed by atoms with Gasteiger partial charge in [0.15, 0.2) is 0 Å². The summed E-state index contributed by atoms with van der Waals surface area (Å²) in [5.74, 6) is 1.06. The summed E-state index contributed by atoms with van der Waals surface area (Å²) in [5.41, 5.74) is 2.41. The van der Waals surface area contributed by atoms with E-state index in [1.54, 1.807) is 11.8 Å². The van der Waals surface area contributed by atoms with Crippen molar-refractivity contribution >= 4 is 17.7 Å². The van der Waals surface area contributed by atoms with E-state index in [0.717, 1.165) is 25.4 Å². The summed E-state index contributed by atoms with van der Waals surface area (Å²) in [6.07, 6.45) is 2.05. The third-order valence-corrected chi connectivity index (χ3v) is 3.63. The van der Waals surface area contributed by atoms with Crippen molar-refractivity contribution in [1.29, 1.82) is 0 Å².